The van der Waals surface area contributed by atoms with Gasteiger partial charge in [0.15, 0.2) is 0 Å². The second-order valence-corrected chi connectivity index (χ2v) is 15.7. The third kappa shape index (κ3) is 5.33. The van der Waals surface area contributed by atoms with Crippen LogP contribution in [0, 0.1) is 0 Å². The highest BCUT2D eigenvalue weighted by Gasteiger charge is 2.38. The molecular formula is C55H39NO. The Labute approximate surface area is 332 Å². The van der Waals surface area contributed by atoms with Gasteiger partial charge < -0.3 is 9.32 Å². The van der Waals surface area contributed by atoms with Gasteiger partial charge in [-0.25, -0.2) is 0 Å². The van der Waals surface area contributed by atoms with E-state index in [-0.39, 0.29) is 5.41 Å². The number of furan rings is 1. The minimum Gasteiger partial charge on any atom is -0.455 e. The van der Waals surface area contributed by atoms with Crippen molar-refractivity contribution in [3.05, 3.63) is 211 Å². The van der Waals surface area contributed by atoms with Gasteiger partial charge >= 0.3 is 0 Å². The fourth-order valence-electron chi connectivity index (χ4n) is 9.29. The molecule has 1 aliphatic carbocycles. The Hall–Kier alpha value is -7.16. The van der Waals surface area contributed by atoms with Crippen LogP contribution in [0.4, 0.5) is 17.1 Å². The summed E-state index contributed by atoms with van der Waals surface area (Å²) in [4.78, 5) is 2.44. The summed E-state index contributed by atoms with van der Waals surface area (Å²) in [6.07, 6.45) is 0. The van der Waals surface area contributed by atoms with E-state index in [4.69, 9.17) is 4.42 Å². The molecule has 0 spiro atoms. The largest absolute Gasteiger partial charge is 0.455 e. The van der Waals surface area contributed by atoms with Crippen LogP contribution in [0.15, 0.2) is 205 Å². The molecule has 10 aromatic rings. The van der Waals surface area contributed by atoms with E-state index in [9.17, 15) is 0 Å². The van der Waals surface area contributed by atoms with Gasteiger partial charge in [0, 0.05) is 38.5 Å². The van der Waals surface area contributed by atoms with Crippen molar-refractivity contribution >= 4 is 49.8 Å². The number of anilines is 3. The zero-order valence-electron chi connectivity index (χ0n) is 31.9. The molecule has 0 N–H and O–H groups in total. The summed E-state index contributed by atoms with van der Waals surface area (Å²) in [7, 11) is 0. The van der Waals surface area contributed by atoms with Crippen molar-refractivity contribution in [2.45, 2.75) is 19.3 Å². The van der Waals surface area contributed by atoms with Crippen molar-refractivity contribution in [3.63, 3.8) is 0 Å². The number of hydrogen-bond donors (Lipinski definition) is 0. The molecule has 2 nitrogen and oxygen atoms in total. The second kappa shape index (κ2) is 13.0. The van der Waals surface area contributed by atoms with Crippen molar-refractivity contribution in [1.29, 1.82) is 0 Å². The van der Waals surface area contributed by atoms with Crippen LogP contribution < -0.4 is 4.90 Å². The van der Waals surface area contributed by atoms with Gasteiger partial charge in [0.25, 0.3) is 0 Å². The first-order valence-corrected chi connectivity index (χ1v) is 19.8. The SMILES string of the molecule is CC1(C)c2cc(-c3ccccc3)ccc2-c2cc(N(c3ccc(-c4ccccc4)cc3)c3ccc(-c4cccc5c4oc4ccccc45)cc3)c3ccccc3c21. The van der Waals surface area contributed by atoms with Crippen LogP contribution in [0.1, 0.15) is 25.0 Å². The molecule has 2 heteroatoms. The Kier molecular flexibility index (Phi) is 7.55. The van der Waals surface area contributed by atoms with Crippen molar-refractivity contribution in [2.24, 2.45) is 0 Å². The highest BCUT2D eigenvalue weighted by molar-refractivity contribution is 6.10. The average molecular weight is 730 g/mol. The Morgan fingerprint density at radius 1 is 0.386 bits per heavy atom. The minimum atomic E-state index is -0.185. The van der Waals surface area contributed by atoms with Crippen molar-refractivity contribution in [3.8, 4) is 44.5 Å². The van der Waals surface area contributed by atoms with E-state index in [2.05, 4.69) is 207 Å². The zero-order valence-corrected chi connectivity index (χ0v) is 31.9. The lowest BCUT2D eigenvalue weighted by molar-refractivity contribution is 0.666. The number of benzene rings is 9. The van der Waals surface area contributed by atoms with Crippen molar-refractivity contribution < 1.29 is 4.42 Å². The van der Waals surface area contributed by atoms with Gasteiger partial charge in [-0.3, -0.25) is 0 Å². The lowest BCUT2D eigenvalue weighted by atomic mass is 9.79. The van der Waals surface area contributed by atoms with E-state index < -0.39 is 0 Å². The summed E-state index contributed by atoms with van der Waals surface area (Å²) in [5.41, 5.74) is 17.4. The molecule has 11 rings (SSSR count). The van der Waals surface area contributed by atoms with Gasteiger partial charge in [-0.1, -0.05) is 172 Å². The van der Waals surface area contributed by atoms with Gasteiger partial charge in [-0.15, -0.1) is 0 Å². The fraction of sp³-hybridized carbons (Fsp3) is 0.0545. The van der Waals surface area contributed by atoms with E-state index in [1.165, 1.54) is 55.3 Å². The number of para-hydroxylation sites is 2. The summed E-state index contributed by atoms with van der Waals surface area (Å²) < 4.78 is 6.46. The smallest absolute Gasteiger partial charge is 0.143 e. The first-order valence-electron chi connectivity index (χ1n) is 19.8. The predicted molar refractivity (Wildman–Crippen MR) is 240 cm³/mol. The Morgan fingerprint density at radius 2 is 0.930 bits per heavy atom. The first-order chi connectivity index (χ1) is 28.0. The number of nitrogens with zero attached hydrogens (tertiary/aromatic N) is 1. The molecule has 0 aliphatic heterocycles. The molecule has 0 atom stereocenters. The van der Waals surface area contributed by atoms with E-state index >= 15 is 0 Å². The molecule has 0 radical (unpaired) electrons. The summed E-state index contributed by atoms with van der Waals surface area (Å²) in [6.45, 7) is 4.78. The summed E-state index contributed by atoms with van der Waals surface area (Å²) in [6, 6.07) is 72.5. The molecule has 57 heavy (non-hydrogen) atoms. The maximum Gasteiger partial charge on any atom is 0.143 e. The van der Waals surface area contributed by atoms with Crippen LogP contribution in [0.2, 0.25) is 0 Å². The second-order valence-electron chi connectivity index (χ2n) is 15.7. The highest BCUT2D eigenvalue weighted by atomic mass is 16.3. The summed E-state index contributed by atoms with van der Waals surface area (Å²) in [5, 5.41) is 4.78. The number of hydrogen-bond acceptors (Lipinski definition) is 2. The molecule has 1 aliphatic rings. The maximum absolute atomic E-state index is 6.46. The fourth-order valence-corrected chi connectivity index (χ4v) is 9.29. The zero-order chi connectivity index (χ0) is 38.1. The molecule has 0 saturated heterocycles. The van der Waals surface area contributed by atoms with Gasteiger partial charge in [0.1, 0.15) is 11.2 Å². The van der Waals surface area contributed by atoms with E-state index in [1.54, 1.807) is 0 Å². The lowest BCUT2D eigenvalue weighted by Crippen LogP contribution is -2.16. The Bertz CT molecular complexity index is 3120. The third-order valence-electron chi connectivity index (χ3n) is 12.1. The molecule has 0 unspecified atom stereocenters. The molecule has 270 valence electrons. The molecule has 0 bridgehead atoms. The average Bonchev–Trinajstić information content (AvgIpc) is 3.76. The van der Waals surface area contributed by atoms with Crippen LogP contribution in [-0.4, -0.2) is 0 Å². The lowest BCUT2D eigenvalue weighted by Gasteiger charge is -2.30. The first kappa shape index (κ1) is 33.2. The van der Waals surface area contributed by atoms with Crippen LogP contribution in [0.25, 0.3) is 77.2 Å². The van der Waals surface area contributed by atoms with Crippen LogP contribution >= 0.6 is 0 Å². The quantitative estimate of drug-likeness (QED) is 0.169. The van der Waals surface area contributed by atoms with E-state index in [1.807, 2.05) is 12.1 Å². The molecule has 0 fully saturated rings. The number of rotatable bonds is 6. The molecular weight excluding hydrogens is 691 g/mol. The highest BCUT2D eigenvalue weighted by Crippen LogP contribution is 2.55. The minimum absolute atomic E-state index is 0.185. The van der Waals surface area contributed by atoms with Gasteiger partial charge in [0.2, 0.25) is 0 Å². The standard InChI is InChI=1S/C55H39NO/c1-55(2)50-34-40(37-16-7-4-8-17-37)28-33-44(50)49-35-51(45-18-9-10-20-47(45)53(49)55)56(41-29-24-38(25-30-41)36-14-5-3-6-15-36)42-31-26-39(27-32-42)43-21-13-22-48-46-19-11-12-23-52(46)57-54(43)48/h3-35H,1-2H3. The summed E-state index contributed by atoms with van der Waals surface area (Å²) in [5.74, 6) is 0. The predicted octanol–water partition coefficient (Wildman–Crippen LogP) is 15.5. The molecule has 0 amide bonds. The Morgan fingerprint density at radius 3 is 1.63 bits per heavy atom. The summed E-state index contributed by atoms with van der Waals surface area (Å²) >= 11 is 0. The van der Waals surface area contributed by atoms with E-state index in [0.717, 1.165) is 50.1 Å². The molecule has 9 aromatic carbocycles. The van der Waals surface area contributed by atoms with Crippen LogP contribution in [-0.2, 0) is 5.41 Å². The normalized spacial score (nSPS) is 12.9. The van der Waals surface area contributed by atoms with Crippen LogP contribution in [0.5, 0.6) is 0 Å². The molecule has 1 heterocycles. The number of fused-ring (bicyclic) bond motifs is 8. The maximum atomic E-state index is 6.46. The molecule has 1 aromatic heterocycles. The van der Waals surface area contributed by atoms with Gasteiger partial charge in [-0.05, 0) is 97.9 Å². The van der Waals surface area contributed by atoms with Gasteiger partial charge in [-0.2, -0.15) is 0 Å². The Balaban J connectivity index is 1.10. The van der Waals surface area contributed by atoms with E-state index in [0.29, 0.717) is 0 Å². The van der Waals surface area contributed by atoms with Crippen LogP contribution in [0.3, 0.4) is 0 Å². The van der Waals surface area contributed by atoms with Crippen molar-refractivity contribution in [1.82, 2.24) is 0 Å². The topological polar surface area (TPSA) is 16.4 Å². The monoisotopic (exact) mass is 729 g/mol. The van der Waals surface area contributed by atoms with Gasteiger partial charge in [0.05, 0.1) is 5.69 Å². The third-order valence-corrected chi connectivity index (χ3v) is 12.1. The molecule has 0 saturated carbocycles. The van der Waals surface area contributed by atoms with Crippen molar-refractivity contribution in [2.75, 3.05) is 4.90 Å².